The monoisotopic (exact) mass is 517 g/mol. The number of halogens is 1. The highest BCUT2D eigenvalue weighted by Crippen LogP contribution is 2.53. The quantitative estimate of drug-likeness (QED) is 0.216. The number of benzene rings is 2. The molecule has 0 N–H and O–H groups in total. The van der Waals surface area contributed by atoms with Crippen LogP contribution in [0.15, 0.2) is 48.5 Å². The first-order valence-electron chi connectivity index (χ1n) is 12.6. The van der Waals surface area contributed by atoms with Gasteiger partial charge in [-0.15, -0.1) is 5.54 Å². The Kier molecular flexibility index (Phi) is 5.66. The van der Waals surface area contributed by atoms with Crippen LogP contribution in [0.3, 0.4) is 0 Å². The normalized spacial score (nSPS) is 19.2. The fraction of sp³-hybridized carbons (Fsp3) is 0.379. The van der Waals surface area contributed by atoms with E-state index in [-0.39, 0.29) is 5.91 Å². The molecule has 1 unspecified atom stereocenters. The van der Waals surface area contributed by atoms with E-state index in [9.17, 15) is 9.59 Å². The lowest BCUT2D eigenvalue weighted by Crippen LogP contribution is -2.55. The van der Waals surface area contributed by atoms with E-state index in [1.807, 2.05) is 48.5 Å². The number of anilines is 1. The van der Waals surface area contributed by atoms with Crippen molar-refractivity contribution in [3.63, 3.8) is 0 Å². The highest BCUT2D eigenvalue weighted by molar-refractivity contribution is 6.90. The second-order valence-corrected chi connectivity index (χ2v) is 16.8. The van der Waals surface area contributed by atoms with Gasteiger partial charge in [-0.25, -0.2) is 9.21 Å². The molecule has 7 heteroatoms. The molecule has 0 radical (unpaired) electrons. The van der Waals surface area contributed by atoms with Crippen LogP contribution in [-0.2, 0) is 10.3 Å². The number of carbonyl (C=O) groups excluding carboxylic acids is 2. The summed E-state index contributed by atoms with van der Waals surface area (Å²) < 4.78 is 2.69. The third-order valence-corrected chi connectivity index (χ3v) is 15.1. The van der Waals surface area contributed by atoms with Crippen molar-refractivity contribution in [3.8, 4) is 11.5 Å². The summed E-state index contributed by atoms with van der Waals surface area (Å²) in [6.45, 7) is 13.6. The predicted molar refractivity (Wildman–Crippen MR) is 149 cm³/mol. The van der Waals surface area contributed by atoms with Gasteiger partial charge in [0.05, 0.1) is 5.52 Å². The first-order chi connectivity index (χ1) is 17.0. The molecule has 0 saturated heterocycles. The van der Waals surface area contributed by atoms with Crippen LogP contribution in [0.2, 0.25) is 16.6 Å². The van der Waals surface area contributed by atoms with Gasteiger partial charge in [0, 0.05) is 41.0 Å². The molecule has 1 spiro atoms. The lowest BCUT2D eigenvalue weighted by molar-refractivity contribution is -0.124. The largest absolute Gasteiger partial charge is 0.345 e. The fourth-order valence-electron chi connectivity index (χ4n) is 6.77. The molecular formula is C29H32ClN3O2Si. The number of hydrogen-bond acceptors (Lipinski definition) is 2. The average molecular weight is 518 g/mol. The summed E-state index contributed by atoms with van der Waals surface area (Å²) >= 11 is 6.88. The lowest BCUT2D eigenvalue weighted by atomic mass is 9.82. The summed E-state index contributed by atoms with van der Waals surface area (Å²) in [4.78, 5) is 29.4. The minimum atomic E-state index is -2.02. The zero-order valence-electron chi connectivity index (χ0n) is 21.9. The summed E-state index contributed by atoms with van der Waals surface area (Å²) in [5.74, 6) is 3.20. The molecule has 3 aromatic rings. The van der Waals surface area contributed by atoms with Crippen LogP contribution in [0, 0.1) is 11.5 Å². The number of rotatable bonds is 3. The first kappa shape index (κ1) is 24.7. The van der Waals surface area contributed by atoms with Crippen LogP contribution in [0.25, 0.3) is 10.9 Å². The zero-order valence-corrected chi connectivity index (χ0v) is 23.6. The van der Waals surface area contributed by atoms with Gasteiger partial charge >= 0.3 is 6.03 Å². The molecular weight excluding hydrogens is 486 g/mol. The van der Waals surface area contributed by atoms with Crippen LogP contribution >= 0.6 is 11.8 Å². The topological polar surface area (TPSA) is 45.6 Å². The molecule has 186 valence electrons. The molecule has 0 fully saturated rings. The van der Waals surface area contributed by atoms with Crippen LogP contribution in [0.1, 0.15) is 58.4 Å². The second-order valence-electron chi connectivity index (χ2n) is 10.9. The Morgan fingerprint density at radius 3 is 2.14 bits per heavy atom. The smallest absolute Gasteiger partial charge is 0.312 e. The molecule has 5 rings (SSSR count). The van der Waals surface area contributed by atoms with E-state index in [4.69, 9.17) is 11.8 Å². The molecule has 2 aliphatic rings. The number of nitrogens with zero attached hydrogens (tertiary/aromatic N) is 3. The molecule has 0 aliphatic carbocycles. The van der Waals surface area contributed by atoms with Gasteiger partial charge in [0.15, 0.2) is 5.54 Å². The van der Waals surface area contributed by atoms with Crippen molar-refractivity contribution < 1.29 is 9.59 Å². The maximum absolute atomic E-state index is 14.0. The van der Waals surface area contributed by atoms with E-state index in [2.05, 4.69) is 53.0 Å². The lowest BCUT2D eigenvalue weighted by Gasteiger charge is -2.39. The molecule has 1 aromatic heterocycles. The van der Waals surface area contributed by atoms with Gasteiger partial charge in [0.25, 0.3) is 5.91 Å². The number of aromatic nitrogens is 1. The van der Waals surface area contributed by atoms with Crippen molar-refractivity contribution in [2.24, 2.45) is 0 Å². The summed E-state index contributed by atoms with van der Waals surface area (Å²) in [5.41, 5.74) is 7.20. The van der Waals surface area contributed by atoms with E-state index >= 15 is 0 Å². The van der Waals surface area contributed by atoms with E-state index in [0.717, 1.165) is 15.5 Å². The summed E-state index contributed by atoms with van der Waals surface area (Å²) in [6, 6.07) is 14.8. The number of amides is 2. The second kappa shape index (κ2) is 8.26. The summed E-state index contributed by atoms with van der Waals surface area (Å²) in [6.07, 6.45) is 0. The number of fused-ring (bicyclic) bond motifs is 3. The third-order valence-electron chi connectivity index (χ3n) is 8.41. The van der Waals surface area contributed by atoms with Gasteiger partial charge in [0.1, 0.15) is 13.8 Å². The Morgan fingerprint density at radius 2 is 1.50 bits per heavy atom. The zero-order chi connectivity index (χ0) is 26.2. The Balaban J connectivity index is 1.81. The van der Waals surface area contributed by atoms with Gasteiger partial charge < -0.3 is 4.90 Å². The van der Waals surface area contributed by atoms with Gasteiger partial charge in [-0.3, -0.25) is 9.36 Å². The van der Waals surface area contributed by atoms with Crippen LogP contribution < -0.4 is 4.90 Å². The van der Waals surface area contributed by atoms with Crippen LogP contribution in [0.4, 0.5) is 10.5 Å². The minimum absolute atomic E-state index is 0.245. The van der Waals surface area contributed by atoms with Crippen molar-refractivity contribution in [3.05, 3.63) is 65.4 Å². The molecule has 0 bridgehead atoms. The average Bonchev–Trinajstić information content (AvgIpc) is 3.31. The molecule has 36 heavy (non-hydrogen) atoms. The van der Waals surface area contributed by atoms with Gasteiger partial charge in [0.2, 0.25) is 0 Å². The Morgan fingerprint density at radius 1 is 0.889 bits per heavy atom. The number of hydrogen-bond donors (Lipinski definition) is 0. The first-order valence-corrected chi connectivity index (χ1v) is 15.1. The molecule has 5 nitrogen and oxygen atoms in total. The maximum Gasteiger partial charge on any atom is 0.345 e. The Labute approximate surface area is 219 Å². The van der Waals surface area contributed by atoms with Gasteiger partial charge in [-0.1, -0.05) is 83.9 Å². The van der Waals surface area contributed by atoms with Gasteiger partial charge in [-0.2, -0.15) is 0 Å². The number of para-hydroxylation sites is 2. The van der Waals surface area contributed by atoms with Crippen molar-refractivity contribution in [1.29, 1.82) is 0 Å². The Bertz CT molecular complexity index is 1460. The van der Waals surface area contributed by atoms with Gasteiger partial charge in [-0.05, 0) is 28.8 Å². The molecule has 3 heterocycles. The van der Waals surface area contributed by atoms with Crippen molar-refractivity contribution in [1.82, 2.24) is 8.99 Å². The minimum Gasteiger partial charge on any atom is -0.312 e. The van der Waals surface area contributed by atoms with Crippen LogP contribution in [0.5, 0.6) is 0 Å². The standard InChI is InChI=1S/C29H32ClN3O2Si/c1-18(2)36(19(3)4,20(5)6)16-15-22-17-21-11-10-13-24-26(21)32(22)28(35)33(30)29(24)23-12-8-9-14-25(23)31(7)27(29)34/h8-14,17-20H,1-7H3. The molecule has 2 aliphatic heterocycles. The van der Waals surface area contributed by atoms with Crippen molar-refractivity contribution >= 4 is 48.4 Å². The van der Waals surface area contributed by atoms with E-state index in [0.29, 0.717) is 39.0 Å². The van der Waals surface area contributed by atoms with Crippen molar-refractivity contribution in [2.45, 2.75) is 63.7 Å². The third kappa shape index (κ3) is 2.90. The molecule has 1 atom stereocenters. The Hall–Kier alpha value is -3.01. The van der Waals surface area contributed by atoms with E-state index < -0.39 is 19.6 Å². The molecule has 2 aromatic carbocycles. The number of carbonyl (C=O) groups is 2. The SMILES string of the molecule is CC(C)[Si](C#Cc1cc2cccc3c2n1C(=O)N(Cl)C31C(=O)N(C)c2ccccc21)(C(C)C)C(C)C. The molecule has 0 saturated carbocycles. The number of likely N-dealkylation sites (N-methyl/N-ethyl adjacent to an activating group) is 1. The highest BCUT2D eigenvalue weighted by atomic mass is 35.5. The van der Waals surface area contributed by atoms with E-state index in [1.165, 1.54) is 0 Å². The molecule has 2 amide bonds. The summed E-state index contributed by atoms with van der Waals surface area (Å²) in [7, 11) is -0.296. The van der Waals surface area contributed by atoms with Crippen LogP contribution in [-0.4, -0.2) is 36.0 Å². The summed E-state index contributed by atoms with van der Waals surface area (Å²) in [5, 5.41) is 0.875. The van der Waals surface area contributed by atoms with Crippen molar-refractivity contribution in [2.75, 3.05) is 11.9 Å². The highest BCUT2D eigenvalue weighted by Gasteiger charge is 2.60. The van der Waals surface area contributed by atoms with E-state index in [1.54, 1.807) is 16.5 Å². The predicted octanol–water partition coefficient (Wildman–Crippen LogP) is 6.87. The fourth-order valence-corrected chi connectivity index (χ4v) is 12.3. The maximum atomic E-state index is 14.0.